The molecule has 0 radical (unpaired) electrons. The second-order valence-electron chi connectivity index (χ2n) is 3.94. The predicted octanol–water partition coefficient (Wildman–Crippen LogP) is 3.03. The van der Waals surface area contributed by atoms with Gasteiger partial charge in [0.25, 0.3) is 0 Å². The van der Waals surface area contributed by atoms with E-state index in [1.807, 2.05) is 62.4 Å². The lowest BCUT2D eigenvalue weighted by atomic mass is 10.2. The molecule has 0 aliphatic rings. The van der Waals surface area contributed by atoms with E-state index in [0.29, 0.717) is 0 Å². The predicted molar refractivity (Wildman–Crippen MR) is 70.8 cm³/mol. The van der Waals surface area contributed by atoms with Crippen LogP contribution in [0.5, 0.6) is 11.5 Å². The Balaban J connectivity index is 1.93. The van der Waals surface area contributed by atoms with Crippen LogP contribution in [0.25, 0.3) is 0 Å². The smallest absolute Gasteiger partial charge is 0.528 e. The number of para-hydroxylation sites is 2. The van der Waals surface area contributed by atoms with E-state index in [0.717, 1.165) is 22.6 Å². The molecule has 2 nitrogen and oxygen atoms in total. The van der Waals surface area contributed by atoms with Gasteiger partial charge < -0.3 is 9.31 Å². The van der Waals surface area contributed by atoms with E-state index in [-0.39, 0.29) is 7.69 Å². The number of benzene rings is 2. The molecule has 2 rings (SSSR count). The molecule has 0 aromatic heterocycles. The van der Waals surface area contributed by atoms with Crippen LogP contribution < -0.4 is 9.31 Å². The highest BCUT2D eigenvalue weighted by Crippen LogP contribution is 2.18. The number of aryl methyl sites for hydroxylation is 2. The quantitative estimate of drug-likeness (QED) is 0.746. The summed E-state index contributed by atoms with van der Waals surface area (Å²) >= 11 is 0. The topological polar surface area (TPSA) is 18.5 Å². The Morgan fingerprint density at radius 3 is 1.53 bits per heavy atom. The average molecular weight is 226 g/mol. The zero-order chi connectivity index (χ0) is 12.1. The molecule has 0 atom stereocenters. The van der Waals surface area contributed by atoms with Gasteiger partial charge >= 0.3 is 7.69 Å². The van der Waals surface area contributed by atoms with E-state index in [2.05, 4.69) is 0 Å². The third-order valence-corrected chi connectivity index (χ3v) is 2.62. The summed E-state index contributed by atoms with van der Waals surface area (Å²) in [6.07, 6.45) is 0. The van der Waals surface area contributed by atoms with Gasteiger partial charge in [0.15, 0.2) is 0 Å². The number of hydrogen-bond donors (Lipinski definition) is 0. The Labute approximate surface area is 103 Å². The summed E-state index contributed by atoms with van der Waals surface area (Å²) in [7, 11) is 0.232. The minimum Gasteiger partial charge on any atom is -0.528 e. The summed E-state index contributed by atoms with van der Waals surface area (Å²) in [4.78, 5) is 0. The van der Waals surface area contributed by atoms with Gasteiger partial charge in [-0.2, -0.15) is 0 Å². The van der Waals surface area contributed by atoms with E-state index in [4.69, 9.17) is 9.31 Å². The third-order valence-electron chi connectivity index (χ3n) is 2.62. The molecule has 3 heteroatoms. The van der Waals surface area contributed by atoms with Crippen molar-refractivity contribution in [3.8, 4) is 11.5 Å². The van der Waals surface area contributed by atoms with Crippen LogP contribution in [0, 0.1) is 13.8 Å². The van der Waals surface area contributed by atoms with Crippen molar-refractivity contribution in [2.45, 2.75) is 13.8 Å². The Kier molecular flexibility index (Phi) is 3.71. The van der Waals surface area contributed by atoms with Crippen molar-refractivity contribution in [2.24, 2.45) is 0 Å². The molecule has 0 aliphatic carbocycles. The Bertz CT molecular complexity index is 452. The molecule has 2 aromatic rings. The Hall–Kier alpha value is -1.90. The van der Waals surface area contributed by atoms with Gasteiger partial charge in [-0.05, 0) is 37.1 Å². The van der Waals surface area contributed by atoms with Crippen LogP contribution in [0.15, 0.2) is 48.5 Å². The minimum absolute atomic E-state index is 0.232. The van der Waals surface area contributed by atoms with E-state index in [9.17, 15) is 0 Å². The second kappa shape index (κ2) is 5.44. The first kappa shape index (κ1) is 11.6. The fourth-order valence-corrected chi connectivity index (χ4v) is 1.59. The maximum Gasteiger partial charge on any atom is 0.576 e. The van der Waals surface area contributed by atoms with Gasteiger partial charge in [-0.3, -0.25) is 0 Å². The van der Waals surface area contributed by atoms with Gasteiger partial charge in [-0.25, -0.2) is 0 Å². The molecule has 0 spiro atoms. The molecule has 0 unspecified atom stereocenters. The van der Waals surface area contributed by atoms with E-state index < -0.39 is 0 Å². The zero-order valence-electron chi connectivity index (χ0n) is 10.1. The summed E-state index contributed by atoms with van der Waals surface area (Å²) < 4.78 is 11.1. The fourth-order valence-electron chi connectivity index (χ4n) is 1.59. The van der Waals surface area contributed by atoms with E-state index in [1.165, 1.54) is 0 Å². The first-order valence-electron chi connectivity index (χ1n) is 5.64. The van der Waals surface area contributed by atoms with Crippen molar-refractivity contribution in [1.82, 2.24) is 0 Å². The normalized spacial score (nSPS) is 9.76. The largest absolute Gasteiger partial charge is 0.576 e. The average Bonchev–Trinajstić information content (AvgIpc) is 2.34. The van der Waals surface area contributed by atoms with Crippen molar-refractivity contribution in [1.29, 1.82) is 0 Å². The van der Waals surface area contributed by atoms with Crippen molar-refractivity contribution in [3.05, 3.63) is 59.7 Å². The summed E-state index contributed by atoms with van der Waals surface area (Å²) in [5, 5.41) is 0. The summed E-state index contributed by atoms with van der Waals surface area (Å²) in [6.45, 7) is 4.03. The lowest BCUT2D eigenvalue weighted by Gasteiger charge is -2.10. The van der Waals surface area contributed by atoms with Gasteiger partial charge in [0.2, 0.25) is 0 Å². The first-order chi connectivity index (χ1) is 8.27. The van der Waals surface area contributed by atoms with Crippen LogP contribution >= 0.6 is 0 Å². The number of hydrogen-bond acceptors (Lipinski definition) is 2. The molecule has 0 fully saturated rings. The summed E-state index contributed by atoms with van der Waals surface area (Å²) in [5.74, 6) is 1.72. The Morgan fingerprint density at radius 2 is 1.12 bits per heavy atom. The standard InChI is InChI=1S/C14H15BO2/c1-11-7-3-5-9-13(11)16-15-17-14-10-6-4-8-12(14)2/h3-10,15H,1-2H3. The van der Waals surface area contributed by atoms with Crippen molar-refractivity contribution >= 4 is 7.69 Å². The van der Waals surface area contributed by atoms with Crippen molar-refractivity contribution in [3.63, 3.8) is 0 Å². The lowest BCUT2D eigenvalue weighted by molar-refractivity contribution is 0.455. The molecule has 0 bridgehead atoms. The second-order valence-corrected chi connectivity index (χ2v) is 3.94. The first-order valence-corrected chi connectivity index (χ1v) is 5.64. The van der Waals surface area contributed by atoms with Crippen LogP contribution in [-0.2, 0) is 0 Å². The molecule has 0 saturated carbocycles. The van der Waals surface area contributed by atoms with Crippen LogP contribution in [0.3, 0.4) is 0 Å². The molecular weight excluding hydrogens is 211 g/mol. The molecule has 0 aliphatic heterocycles. The fraction of sp³-hybridized carbons (Fsp3) is 0.143. The van der Waals surface area contributed by atoms with Gasteiger partial charge in [0.1, 0.15) is 11.5 Å². The van der Waals surface area contributed by atoms with Crippen LogP contribution in [0.1, 0.15) is 11.1 Å². The molecule has 86 valence electrons. The summed E-state index contributed by atoms with van der Waals surface area (Å²) in [5.41, 5.74) is 2.22. The minimum atomic E-state index is 0.232. The maximum atomic E-state index is 5.57. The SMILES string of the molecule is Cc1ccccc1OBOc1ccccc1C. The van der Waals surface area contributed by atoms with Gasteiger partial charge in [-0.1, -0.05) is 36.4 Å². The van der Waals surface area contributed by atoms with E-state index >= 15 is 0 Å². The van der Waals surface area contributed by atoms with E-state index in [1.54, 1.807) is 0 Å². The maximum absolute atomic E-state index is 5.57. The lowest BCUT2D eigenvalue weighted by Crippen LogP contribution is -2.12. The summed E-state index contributed by atoms with van der Waals surface area (Å²) in [6, 6.07) is 15.8. The highest BCUT2D eigenvalue weighted by atomic mass is 16.6. The highest BCUT2D eigenvalue weighted by molar-refractivity contribution is 6.20. The monoisotopic (exact) mass is 226 g/mol. The number of rotatable bonds is 4. The highest BCUT2D eigenvalue weighted by Gasteiger charge is 2.03. The van der Waals surface area contributed by atoms with Crippen molar-refractivity contribution in [2.75, 3.05) is 0 Å². The van der Waals surface area contributed by atoms with Gasteiger partial charge in [-0.15, -0.1) is 0 Å². The molecule has 0 N–H and O–H groups in total. The molecule has 0 amide bonds. The van der Waals surface area contributed by atoms with Gasteiger partial charge in [0, 0.05) is 0 Å². The molecule has 17 heavy (non-hydrogen) atoms. The molecule has 2 aromatic carbocycles. The van der Waals surface area contributed by atoms with Crippen LogP contribution in [0.2, 0.25) is 0 Å². The van der Waals surface area contributed by atoms with Gasteiger partial charge in [0.05, 0.1) is 0 Å². The molecule has 0 saturated heterocycles. The molecular formula is C14H15BO2. The van der Waals surface area contributed by atoms with Crippen LogP contribution in [-0.4, -0.2) is 7.69 Å². The van der Waals surface area contributed by atoms with Crippen molar-refractivity contribution < 1.29 is 9.31 Å². The third kappa shape index (κ3) is 3.03. The van der Waals surface area contributed by atoms with Crippen LogP contribution in [0.4, 0.5) is 0 Å². The Morgan fingerprint density at radius 1 is 0.706 bits per heavy atom. The zero-order valence-corrected chi connectivity index (χ0v) is 10.1. The molecule has 0 heterocycles.